The number of rotatable bonds is 6. The van der Waals surface area contributed by atoms with Crippen LogP contribution in [0.15, 0.2) is 12.7 Å². The fourth-order valence-electron chi connectivity index (χ4n) is 1.22. The first-order valence-corrected chi connectivity index (χ1v) is 5.27. The van der Waals surface area contributed by atoms with Gasteiger partial charge in [-0.2, -0.15) is 39.5 Å². The van der Waals surface area contributed by atoms with Gasteiger partial charge in [-0.1, -0.05) is 6.58 Å². The third-order valence-corrected chi connectivity index (χ3v) is 2.47. The van der Waals surface area contributed by atoms with E-state index in [4.69, 9.17) is 0 Å². The Morgan fingerprint density at radius 2 is 1.43 bits per heavy atom. The van der Waals surface area contributed by atoms with Gasteiger partial charge in [-0.05, 0) is 13.0 Å². The molecular formula is C10H10F9NO. The lowest BCUT2D eigenvalue weighted by Crippen LogP contribution is -2.63. The number of alkyl halides is 9. The van der Waals surface area contributed by atoms with E-state index in [9.17, 15) is 44.3 Å². The van der Waals surface area contributed by atoms with Gasteiger partial charge in [-0.3, -0.25) is 4.79 Å². The Balaban J connectivity index is 5.57. The second-order valence-corrected chi connectivity index (χ2v) is 3.91. The van der Waals surface area contributed by atoms with Gasteiger partial charge in [0.15, 0.2) is 0 Å². The van der Waals surface area contributed by atoms with E-state index in [1.165, 1.54) is 0 Å². The van der Waals surface area contributed by atoms with Crippen LogP contribution in [0.3, 0.4) is 0 Å². The maximum Gasteiger partial charge on any atom is 0.460 e. The minimum Gasteiger partial charge on any atom is -0.333 e. The Hall–Kier alpha value is -1.42. The van der Waals surface area contributed by atoms with E-state index in [-0.39, 0.29) is 4.90 Å². The van der Waals surface area contributed by atoms with Crippen molar-refractivity contribution >= 4 is 5.91 Å². The molecule has 0 saturated heterocycles. The van der Waals surface area contributed by atoms with Crippen LogP contribution >= 0.6 is 0 Å². The summed E-state index contributed by atoms with van der Waals surface area (Å²) in [5, 5.41) is 0. The van der Waals surface area contributed by atoms with E-state index in [2.05, 4.69) is 6.58 Å². The van der Waals surface area contributed by atoms with Crippen molar-refractivity contribution in [3.63, 3.8) is 0 Å². The summed E-state index contributed by atoms with van der Waals surface area (Å²) in [6.07, 6.45) is -6.45. The fraction of sp³-hybridized carbons (Fsp3) is 0.700. The number of carbonyl (C=O) groups is 1. The van der Waals surface area contributed by atoms with E-state index < -0.39 is 42.9 Å². The van der Waals surface area contributed by atoms with Gasteiger partial charge in [0.1, 0.15) is 0 Å². The third kappa shape index (κ3) is 3.43. The molecule has 0 heterocycles. The largest absolute Gasteiger partial charge is 0.460 e. The molecule has 0 aliphatic carbocycles. The standard InChI is InChI=1S/C10H10F9NO/c1-3-6(21)20(4-2)5-7(11,12)8(13,14)9(15,16)10(17,18)19/h3H,1,4-5H2,2H3. The van der Waals surface area contributed by atoms with Crippen LogP contribution in [-0.2, 0) is 4.79 Å². The first-order chi connectivity index (χ1) is 9.15. The number of hydrogen-bond acceptors (Lipinski definition) is 1. The number of hydrogen-bond donors (Lipinski definition) is 0. The maximum absolute atomic E-state index is 13.2. The molecule has 0 bridgehead atoms. The Kier molecular flexibility index (Phi) is 5.37. The topological polar surface area (TPSA) is 20.3 Å². The highest BCUT2D eigenvalue weighted by Crippen LogP contribution is 2.53. The van der Waals surface area contributed by atoms with E-state index in [1.807, 2.05) is 0 Å². The van der Waals surface area contributed by atoms with E-state index in [1.54, 1.807) is 0 Å². The second-order valence-electron chi connectivity index (χ2n) is 3.91. The maximum atomic E-state index is 13.2. The monoisotopic (exact) mass is 331 g/mol. The SMILES string of the molecule is C=CC(=O)N(CC)CC(F)(F)C(F)(F)C(F)(F)C(F)(F)F. The van der Waals surface area contributed by atoms with Crippen LogP contribution in [0.1, 0.15) is 6.92 Å². The molecule has 0 saturated carbocycles. The normalized spacial score (nSPS) is 14.0. The van der Waals surface area contributed by atoms with Crippen LogP contribution < -0.4 is 0 Å². The summed E-state index contributed by atoms with van der Waals surface area (Å²) in [6, 6.07) is 0. The number of halogens is 9. The third-order valence-electron chi connectivity index (χ3n) is 2.47. The first-order valence-electron chi connectivity index (χ1n) is 5.27. The highest BCUT2D eigenvalue weighted by Gasteiger charge is 2.81. The molecular weight excluding hydrogens is 321 g/mol. The predicted molar refractivity (Wildman–Crippen MR) is 53.3 cm³/mol. The molecule has 0 aliphatic heterocycles. The average Bonchev–Trinajstić information content (AvgIpc) is 2.33. The number of nitrogens with zero attached hydrogens (tertiary/aromatic N) is 1. The van der Waals surface area contributed by atoms with Crippen molar-refractivity contribution in [3.8, 4) is 0 Å². The summed E-state index contributed by atoms with van der Waals surface area (Å²) >= 11 is 0. The Labute approximate surface area is 113 Å². The van der Waals surface area contributed by atoms with Crippen molar-refractivity contribution in [2.75, 3.05) is 13.1 Å². The van der Waals surface area contributed by atoms with Gasteiger partial charge in [-0.25, -0.2) is 0 Å². The second kappa shape index (κ2) is 5.76. The zero-order valence-corrected chi connectivity index (χ0v) is 10.5. The van der Waals surface area contributed by atoms with Crippen LogP contribution in [0.2, 0.25) is 0 Å². The molecule has 0 rings (SSSR count). The van der Waals surface area contributed by atoms with E-state index >= 15 is 0 Å². The summed E-state index contributed by atoms with van der Waals surface area (Å²) in [6.45, 7) is 0.968. The van der Waals surface area contributed by atoms with Crippen molar-refractivity contribution in [2.45, 2.75) is 30.9 Å². The molecule has 0 spiro atoms. The molecule has 0 aromatic rings. The van der Waals surface area contributed by atoms with Gasteiger partial charge < -0.3 is 4.90 Å². The van der Waals surface area contributed by atoms with Gasteiger partial charge in [-0.15, -0.1) is 0 Å². The Morgan fingerprint density at radius 1 is 1.00 bits per heavy atom. The summed E-state index contributed by atoms with van der Waals surface area (Å²) in [7, 11) is 0. The molecule has 0 aliphatic rings. The lowest BCUT2D eigenvalue weighted by atomic mass is 10.0. The molecule has 0 atom stereocenters. The molecule has 0 aromatic heterocycles. The smallest absolute Gasteiger partial charge is 0.333 e. The van der Waals surface area contributed by atoms with Gasteiger partial charge in [0.05, 0.1) is 6.54 Å². The van der Waals surface area contributed by atoms with E-state index in [0.29, 0.717) is 6.08 Å². The van der Waals surface area contributed by atoms with Crippen molar-refractivity contribution in [3.05, 3.63) is 12.7 Å². The van der Waals surface area contributed by atoms with Crippen LogP contribution in [0.25, 0.3) is 0 Å². The summed E-state index contributed by atoms with van der Waals surface area (Å²) in [5.41, 5.74) is 0. The molecule has 11 heteroatoms. The van der Waals surface area contributed by atoms with Crippen molar-refractivity contribution in [1.82, 2.24) is 4.90 Å². The average molecular weight is 331 g/mol. The van der Waals surface area contributed by atoms with Crippen LogP contribution in [0, 0.1) is 0 Å². The summed E-state index contributed by atoms with van der Waals surface area (Å²) in [4.78, 5) is 11.0. The lowest BCUT2D eigenvalue weighted by Gasteiger charge is -2.35. The van der Waals surface area contributed by atoms with Gasteiger partial charge in [0, 0.05) is 6.54 Å². The fourth-order valence-corrected chi connectivity index (χ4v) is 1.22. The van der Waals surface area contributed by atoms with Gasteiger partial charge >= 0.3 is 23.9 Å². The number of amides is 1. The zero-order chi connectivity index (χ0) is 17.3. The minimum atomic E-state index is -6.96. The predicted octanol–water partition coefficient (Wildman–Crippen LogP) is 3.49. The van der Waals surface area contributed by atoms with Crippen LogP contribution in [0.4, 0.5) is 39.5 Å². The highest BCUT2D eigenvalue weighted by atomic mass is 19.4. The quantitative estimate of drug-likeness (QED) is 0.539. The van der Waals surface area contributed by atoms with Crippen molar-refractivity contribution in [2.24, 2.45) is 0 Å². The number of likely N-dealkylation sites (N-methyl/N-ethyl adjacent to an activating group) is 1. The molecule has 21 heavy (non-hydrogen) atoms. The molecule has 1 amide bonds. The summed E-state index contributed by atoms with van der Waals surface area (Å²) in [5.74, 6) is -20.8. The molecule has 0 fully saturated rings. The molecule has 2 nitrogen and oxygen atoms in total. The molecule has 124 valence electrons. The molecule has 0 N–H and O–H groups in total. The zero-order valence-electron chi connectivity index (χ0n) is 10.5. The molecule has 0 aromatic carbocycles. The first kappa shape index (κ1) is 19.6. The van der Waals surface area contributed by atoms with Crippen molar-refractivity contribution in [1.29, 1.82) is 0 Å². The van der Waals surface area contributed by atoms with Crippen LogP contribution in [-0.4, -0.2) is 47.8 Å². The van der Waals surface area contributed by atoms with Crippen LogP contribution in [0.5, 0.6) is 0 Å². The lowest BCUT2D eigenvalue weighted by molar-refractivity contribution is -0.396. The number of carbonyl (C=O) groups excluding carboxylic acids is 1. The Morgan fingerprint density at radius 3 is 1.71 bits per heavy atom. The van der Waals surface area contributed by atoms with Gasteiger partial charge in [0.2, 0.25) is 5.91 Å². The highest BCUT2D eigenvalue weighted by molar-refractivity contribution is 5.87. The van der Waals surface area contributed by atoms with E-state index in [0.717, 1.165) is 6.92 Å². The Bertz CT molecular complexity index is 402. The van der Waals surface area contributed by atoms with Crippen molar-refractivity contribution < 1.29 is 44.3 Å². The molecule has 0 radical (unpaired) electrons. The minimum absolute atomic E-state index is 0.0344. The van der Waals surface area contributed by atoms with Gasteiger partial charge in [0.25, 0.3) is 0 Å². The molecule has 0 unspecified atom stereocenters. The summed E-state index contributed by atoms with van der Waals surface area (Å²) < 4.78 is 113.